The van der Waals surface area contributed by atoms with Crippen LogP contribution in [0.3, 0.4) is 0 Å². The zero-order chi connectivity index (χ0) is 9.68. The van der Waals surface area contributed by atoms with Crippen molar-refractivity contribution >= 4 is 0 Å². The summed E-state index contributed by atoms with van der Waals surface area (Å²) in [7, 11) is 2.00. The van der Waals surface area contributed by atoms with E-state index in [2.05, 4.69) is 10.2 Å². The third kappa shape index (κ3) is 4.07. The molecular formula is C10H22N2O. The van der Waals surface area contributed by atoms with Gasteiger partial charge in [-0.15, -0.1) is 0 Å². The summed E-state index contributed by atoms with van der Waals surface area (Å²) in [5, 5.41) is 12.3. The summed E-state index contributed by atoms with van der Waals surface area (Å²) in [4.78, 5) is 2.42. The molecule has 0 amide bonds. The van der Waals surface area contributed by atoms with Gasteiger partial charge in [-0.2, -0.15) is 0 Å². The summed E-state index contributed by atoms with van der Waals surface area (Å²) >= 11 is 0. The van der Waals surface area contributed by atoms with Gasteiger partial charge in [0.05, 0.1) is 6.10 Å². The second kappa shape index (κ2) is 5.58. The van der Waals surface area contributed by atoms with Crippen molar-refractivity contribution in [3.63, 3.8) is 0 Å². The first-order valence-electron chi connectivity index (χ1n) is 5.27. The van der Waals surface area contributed by atoms with Crippen molar-refractivity contribution in [1.82, 2.24) is 10.2 Å². The molecule has 1 unspecified atom stereocenters. The first-order valence-corrected chi connectivity index (χ1v) is 5.27. The van der Waals surface area contributed by atoms with Crippen LogP contribution in [-0.4, -0.2) is 49.3 Å². The van der Waals surface area contributed by atoms with E-state index < -0.39 is 0 Å². The van der Waals surface area contributed by atoms with Gasteiger partial charge in [0.15, 0.2) is 0 Å². The highest BCUT2D eigenvalue weighted by Crippen LogP contribution is 2.18. The largest absolute Gasteiger partial charge is 0.393 e. The molecule has 0 bridgehead atoms. The van der Waals surface area contributed by atoms with Gasteiger partial charge in [0.2, 0.25) is 0 Å². The van der Waals surface area contributed by atoms with Crippen molar-refractivity contribution in [3.05, 3.63) is 0 Å². The van der Waals surface area contributed by atoms with E-state index in [1.807, 2.05) is 14.0 Å². The lowest BCUT2D eigenvalue weighted by Gasteiger charge is -2.39. The first kappa shape index (κ1) is 11.0. The van der Waals surface area contributed by atoms with E-state index >= 15 is 0 Å². The average Bonchev–Trinajstić information content (AvgIpc) is 2.00. The number of aliphatic hydroxyl groups is 1. The highest BCUT2D eigenvalue weighted by molar-refractivity contribution is 4.80. The molecule has 0 aromatic rings. The van der Waals surface area contributed by atoms with Crippen LogP contribution in [0.4, 0.5) is 0 Å². The third-order valence-electron chi connectivity index (χ3n) is 2.70. The minimum absolute atomic E-state index is 0.142. The van der Waals surface area contributed by atoms with E-state index in [0.29, 0.717) is 0 Å². The van der Waals surface area contributed by atoms with E-state index in [1.54, 1.807) is 0 Å². The number of nitrogens with one attached hydrogen (secondary N) is 1. The Bertz CT molecular complexity index is 133. The van der Waals surface area contributed by atoms with Crippen molar-refractivity contribution < 1.29 is 5.11 Å². The summed E-state index contributed by atoms with van der Waals surface area (Å²) in [6, 6.07) is 0. The monoisotopic (exact) mass is 186 g/mol. The fraction of sp³-hybridized carbons (Fsp3) is 1.00. The molecule has 13 heavy (non-hydrogen) atoms. The Kier molecular flexibility index (Phi) is 4.70. The van der Waals surface area contributed by atoms with Gasteiger partial charge in [-0.05, 0) is 39.3 Å². The number of hydrogen-bond donors (Lipinski definition) is 2. The minimum atomic E-state index is -0.142. The standard InChI is InChI=1S/C10H22N2O/c1-9(13)4-6-12-7-10(8-12)3-5-11-2/h9-11,13H,3-8H2,1-2H3. The first-order chi connectivity index (χ1) is 6.22. The van der Waals surface area contributed by atoms with Crippen molar-refractivity contribution in [2.24, 2.45) is 5.92 Å². The van der Waals surface area contributed by atoms with Gasteiger partial charge >= 0.3 is 0 Å². The van der Waals surface area contributed by atoms with Gasteiger partial charge in [-0.3, -0.25) is 0 Å². The van der Waals surface area contributed by atoms with Gasteiger partial charge in [0, 0.05) is 19.6 Å². The Hall–Kier alpha value is -0.120. The molecule has 1 heterocycles. The Morgan fingerprint density at radius 1 is 1.54 bits per heavy atom. The lowest BCUT2D eigenvalue weighted by atomic mass is 9.96. The molecule has 0 aliphatic carbocycles. The van der Waals surface area contributed by atoms with E-state index in [4.69, 9.17) is 5.11 Å². The molecule has 0 radical (unpaired) electrons. The van der Waals surface area contributed by atoms with E-state index in [1.165, 1.54) is 19.5 Å². The van der Waals surface area contributed by atoms with Crippen LogP contribution in [0.25, 0.3) is 0 Å². The molecule has 0 spiro atoms. The van der Waals surface area contributed by atoms with Crippen molar-refractivity contribution in [3.8, 4) is 0 Å². The number of nitrogens with zero attached hydrogens (tertiary/aromatic N) is 1. The average molecular weight is 186 g/mol. The summed E-state index contributed by atoms with van der Waals surface area (Å²) in [5.74, 6) is 0.890. The van der Waals surface area contributed by atoms with Gasteiger partial charge < -0.3 is 15.3 Å². The predicted octanol–water partition coefficient (Wildman–Crippen LogP) is 0.299. The number of rotatable bonds is 6. The predicted molar refractivity (Wildman–Crippen MR) is 54.8 cm³/mol. The maximum absolute atomic E-state index is 9.09. The van der Waals surface area contributed by atoms with E-state index in [-0.39, 0.29) is 6.10 Å². The van der Waals surface area contributed by atoms with Gasteiger partial charge in [-0.1, -0.05) is 0 Å². The smallest absolute Gasteiger partial charge is 0.0524 e. The van der Waals surface area contributed by atoms with Crippen LogP contribution in [-0.2, 0) is 0 Å². The van der Waals surface area contributed by atoms with Crippen LogP contribution in [0.15, 0.2) is 0 Å². The lowest BCUT2D eigenvalue weighted by molar-refractivity contribution is 0.0732. The van der Waals surface area contributed by atoms with Crippen molar-refractivity contribution in [1.29, 1.82) is 0 Å². The molecule has 0 saturated carbocycles. The number of likely N-dealkylation sites (tertiary alicyclic amines) is 1. The van der Waals surface area contributed by atoms with Gasteiger partial charge in [-0.25, -0.2) is 0 Å². The number of aliphatic hydroxyl groups excluding tert-OH is 1. The molecule has 0 aromatic heterocycles. The van der Waals surface area contributed by atoms with Crippen LogP contribution in [0, 0.1) is 5.92 Å². The maximum atomic E-state index is 9.09. The van der Waals surface area contributed by atoms with Crippen LogP contribution in [0.5, 0.6) is 0 Å². The second-order valence-electron chi connectivity index (χ2n) is 4.16. The van der Waals surface area contributed by atoms with E-state index in [0.717, 1.165) is 25.4 Å². The maximum Gasteiger partial charge on any atom is 0.0524 e. The zero-order valence-corrected chi connectivity index (χ0v) is 8.79. The molecule has 1 rings (SSSR count). The number of hydrogen-bond acceptors (Lipinski definition) is 3. The zero-order valence-electron chi connectivity index (χ0n) is 8.79. The molecule has 1 aliphatic rings. The second-order valence-corrected chi connectivity index (χ2v) is 4.16. The highest BCUT2D eigenvalue weighted by atomic mass is 16.3. The fourth-order valence-corrected chi connectivity index (χ4v) is 1.76. The highest BCUT2D eigenvalue weighted by Gasteiger charge is 2.25. The summed E-state index contributed by atoms with van der Waals surface area (Å²) in [6.07, 6.45) is 2.07. The quantitative estimate of drug-likeness (QED) is 0.626. The SMILES string of the molecule is CNCCC1CN(CCC(C)O)C1. The molecule has 1 atom stereocenters. The Morgan fingerprint density at radius 2 is 2.23 bits per heavy atom. The molecule has 1 fully saturated rings. The normalized spacial score (nSPS) is 21.5. The van der Waals surface area contributed by atoms with Crippen LogP contribution >= 0.6 is 0 Å². The third-order valence-corrected chi connectivity index (χ3v) is 2.70. The molecule has 3 nitrogen and oxygen atoms in total. The topological polar surface area (TPSA) is 35.5 Å². The molecule has 78 valence electrons. The van der Waals surface area contributed by atoms with Crippen molar-refractivity contribution in [2.75, 3.05) is 33.2 Å². The van der Waals surface area contributed by atoms with E-state index in [9.17, 15) is 0 Å². The Labute approximate surface area is 81.1 Å². The van der Waals surface area contributed by atoms with Crippen LogP contribution < -0.4 is 5.32 Å². The summed E-state index contributed by atoms with van der Waals surface area (Å²) in [6.45, 7) is 6.52. The molecule has 2 N–H and O–H groups in total. The lowest BCUT2D eigenvalue weighted by Crippen LogP contribution is -2.48. The molecule has 0 aromatic carbocycles. The van der Waals surface area contributed by atoms with Gasteiger partial charge in [0.1, 0.15) is 0 Å². The molecule has 1 aliphatic heterocycles. The molecule has 3 heteroatoms. The Morgan fingerprint density at radius 3 is 2.77 bits per heavy atom. The van der Waals surface area contributed by atoms with Gasteiger partial charge in [0.25, 0.3) is 0 Å². The minimum Gasteiger partial charge on any atom is -0.393 e. The van der Waals surface area contributed by atoms with Crippen molar-refractivity contribution in [2.45, 2.75) is 25.9 Å². The molecular weight excluding hydrogens is 164 g/mol. The fourth-order valence-electron chi connectivity index (χ4n) is 1.76. The summed E-state index contributed by atoms with van der Waals surface area (Å²) in [5.41, 5.74) is 0. The Balaban J connectivity index is 1.92. The van der Waals surface area contributed by atoms with Crippen LogP contribution in [0.2, 0.25) is 0 Å². The summed E-state index contributed by atoms with van der Waals surface area (Å²) < 4.78 is 0. The molecule has 1 saturated heterocycles. The van der Waals surface area contributed by atoms with Crippen LogP contribution in [0.1, 0.15) is 19.8 Å².